The van der Waals surface area contributed by atoms with Gasteiger partial charge in [-0.25, -0.2) is 0 Å². The number of benzene rings is 1. The van der Waals surface area contributed by atoms with Gasteiger partial charge in [0.25, 0.3) is 0 Å². The summed E-state index contributed by atoms with van der Waals surface area (Å²) in [6.45, 7) is 0. The first-order chi connectivity index (χ1) is 7.75. The van der Waals surface area contributed by atoms with Crippen molar-refractivity contribution in [2.24, 2.45) is 0 Å². The average Bonchev–Trinajstić information content (AvgIpc) is 3.07. The minimum absolute atomic E-state index is 0.754. The number of hydrogen-bond donors (Lipinski definition) is 0. The van der Waals surface area contributed by atoms with Gasteiger partial charge in [-0.1, -0.05) is 12.1 Å². The van der Waals surface area contributed by atoms with Crippen molar-refractivity contribution >= 4 is 29.5 Å². The maximum absolute atomic E-state index is 4.03. The topological polar surface area (TPSA) is 30.7 Å². The maximum atomic E-state index is 4.03. The van der Waals surface area contributed by atoms with E-state index < -0.39 is 0 Å². The predicted octanol–water partition coefficient (Wildman–Crippen LogP) is 1.17. The van der Waals surface area contributed by atoms with Gasteiger partial charge in [0.15, 0.2) is 7.85 Å². The lowest BCUT2D eigenvalue weighted by Crippen LogP contribution is -2.17. The van der Waals surface area contributed by atoms with E-state index in [0.29, 0.717) is 0 Å². The molecule has 1 heterocycles. The maximum Gasteiger partial charge on any atom is 0.204 e. The van der Waals surface area contributed by atoms with Crippen molar-refractivity contribution in [1.29, 1.82) is 0 Å². The number of rotatable bonds is 2. The number of hydrogen-bond acceptors (Lipinski definition) is 2. The fourth-order valence-corrected chi connectivity index (χ4v) is 2.48. The highest BCUT2D eigenvalue weighted by molar-refractivity contribution is 9.10. The molecule has 1 aliphatic rings. The first-order valence-electron chi connectivity index (χ1n) is 5.43. The summed E-state index contributed by atoms with van der Waals surface area (Å²) in [4.78, 5) is 0. The van der Waals surface area contributed by atoms with Crippen molar-refractivity contribution in [1.82, 2.24) is 14.8 Å². The van der Waals surface area contributed by atoms with Gasteiger partial charge in [0.1, 0.15) is 0 Å². The molecule has 0 N–H and O–H groups in total. The minimum atomic E-state index is 0.754. The summed E-state index contributed by atoms with van der Waals surface area (Å²) in [5.41, 5.74) is 3.45. The van der Waals surface area contributed by atoms with E-state index in [1.807, 2.05) is 12.4 Å². The molecular weight excluding hydrogens is 265 g/mol. The first kappa shape index (κ1) is 10.1. The van der Waals surface area contributed by atoms with Crippen LogP contribution >= 0.6 is 15.9 Å². The Morgan fingerprint density at radius 3 is 2.38 bits per heavy atom. The molecule has 1 aliphatic carbocycles. The van der Waals surface area contributed by atoms with Crippen LogP contribution in [0.5, 0.6) is 0 Å². The van der Waals surface area contributed by atoms with Gasteiger partial charge in [0, 0.05) is 5.69 Å². The lowest BCUT2D eigenvalue weighted by atomic mass is 10.1. The molecule has 80 valence electrons. The van der Waals surface area contributed by atoms with Gasteiger partial charge in [-0.05, 0) is 52.4 Å². The third kappa shape index (κ3) is 1.69. The second-order valence-corrected chi connectivity index (χ2v) is 4.93. The van der Waals surface area contributed by atoms with Crippen LogP contribution < -0.4 is 5.72 Å². The Morgan fingerprint density at radius 2 is 1.88 bits per heavy atom. The van der Waals surface area contributed by atoms with Gasteiger partial charge in [-0.3, -0.25) is 4.57 Å². The van der Waals surface area contributed by atoms with E-state index in [9.17, 15) is 0 Å². The van der Waals surface area contributed by atoms with Crippen LogP contribution in [0.25, 0.3) is 5.69 Å². The monoisotopic (exact) mass is 275 g/mol. The molecule has 0 saturated heterocycles. The van der Waals surface area contributed by atoms with Crippen LogP contribution in [0.2, 0.25) is 0 Å². The molecule has 0 amide bonds. The molecule has 0 unspecified atom stereocenters. The number of halogens is 1. The van der Waals surface area contributed by atoms with Crippen molar-refractivity contribution < 1.29 is 0 Å². The van der Waals surface area contributed by atoms with Gasteiger partial charge >= 0.3 is 0 Å². The van der Waals surface area contributed by atoms with E-state index in [1.165, 1.54) is 18.4 Å². The highest BCUT2D eigenvalue weighted by atomic mass is 79.9. The number of nitrogens with zero attached hydrogens (tertiary/aromatic N) is 3. The van der Waals surface area contributed by atoms with Gasteiger partial charge in [-0.15, -0.1) is 10.2 Å². The van der Waals surface area contributed by atoms with Gasteiger partial charge < -0.3 is 0 Å². The first-order valence-corrected chi connectivity index (χ1v) is 6.23. The molecule has 5 heteroatoms. The smallest absolute Gasteiger partial charge is 0.204 e. The highest BCUT2D eigenvalue weighted by Gasteiger charge is 2.23. The fraction of sp³-hybridized carbons (Fsp3) is 0.273. The lowest BCUT2D eigenvalue weighted by Gasteiger charge is -2.06. The van der Waals surface area contributed by atoms with Crippen LogP contribution in [-0.4, -0.2) is 22.6 Å². The van der Waals surface area contributed by atoms with Crippen molar-refractivity contribution in [3.05, 3.63) is 34.6 Å². The highest BCUT2D eigenvalue weighted by Crippen LogP contribution is 2.40. The van der Waals surface area contributed by atoms with E-state index in [-0.39, 0.29) is 0 Å². The molecule has 0 aliphatic heterocycles. The van der Waals surface area contributed by atoms with Gasteiger partial charge in [0.05, 0.1) is 5.72 Å². The van der Waals surface area contributed by atoms with Crippen LogP contribution in [-0.2, 0) is 0 Å². The third-order valence-electron chi connectivity index (χ3n) is 2.99. The number of aromatic nitrogens is 3. The van der Waals surface area contributed by atoms with E-state index in [4.69, 9.17) is 0 Å². The second kappa shape index (κ2) is 3.73. The van der Waals surface area contributed by atoms with Crippen molar-refractivity contribution in [2.45, 2.75) is 18.8 Å². The van der Waals surface area contributed by atoms with Crippen LogP contribution in [0.4, 0.5) is 0 Å². The molecule has 0 radical (unpaired) electrons. The largest absolute Gasteiger partial charge is 0.283 e. The molecule has 2 aromatic rings. The van der Waals surface area contributed by atoms with Crippen LogP contribution in [0.1, 0.15) is 24.3 Å². The summed E-state index contributed by atoms with van der Waals surface area (Å²) in [5, 5.41) is 8.02. The Hall–Kier alpha value is -1.10. The van der Waals surface area contributed by atoms with E-state index in [2.05, 4.69) is 50.4 Å². The standard InChI is InChI=1S/C11H11BBrN3/c12-10-14-15-11(13)16(10)9-5-3-8(4-6-9)7-1-2-7/h3-7H,1-2,12H2. The third-order valence-corrected chi connectivity index (χ3v) is 3.50. The summed E-state index contributed by atoms with van der Waals surface area (Å²) < 4.78 is 2.75. The Labute approximate surface area is 103 Å². The molecular formula is C11H11BBrN3. The Bertz CT molecular complexity index is 497. The molecule has 1 aromatic carbocycles. The summed E-state index contributed by atoms with van der Waals surface area (Å²) in [6.07, 6.45) is 2.68. The van der Waals surface area contributed by atoms with Crippen LogP contribution in [0, 0.1) is 0 Å². The quantitative estimate of drug-likeness (QED) is 0.771. The average molecular weight is 276 g/mol. The minimum Gasteiger partial charge on any atom is -0.283 e. The van der Waals surface area contributed by atoms with E-state index in [0.717, 1.165) is 22.1 Å². The van der Waals surface area contributed by atoms with E-state index in [1.54, 1.807) is 0 Å². The molecule has 3 rings (SSSR count). The fourth-order valence-electron chi connectivity index (χ4n) is 1.94. The van der Waals surface area contributed by atoms with Crippen molar-refractivity contribution in [2.75, 3.05) is 0 Å². The molecule has 1 aromatic heterocycles. The normalized spacial score (nSPS) is 15.3. The lowest BCUT2D eigenvalue weighted by molar-refractivity contribution is 1.02. The molecule has 1 saturated carbocycles. The summed E-state index contributed by atoms with van der Waals surface area (Å²) in [7, 11) is 1.95. The Kier molecular flexibility index (Phi) is 2.35. The molecule has 1 fully saturated rings. The zero-order valence-electron chi connectivity index (χ0n) is 9.02. The van der Waals surface area contributed by atoms with Crippen molar-refractivity contribution in [3.63, 3.8) is 0 Å². The Balaban J connectivity index is 2.00. The van der Waals surface area contributed by atoms with Gasteiger partial charge in [0.2, 0.25) is 4.73 Å². The van der Waals surface area contributed by atoms with Crippen molar-refractivity contribution in [3.8, 4) is 5.69 Å². The second-order valence-electron chi connectivity index (χ2n) is 4.22. The Morgan fingerprint density at radius 1 is 1.19 bits per heavy atom. The molecule has 16 heavy (non-hydrogen) atoms. The predicted molar refractivity (Wildman–Crippen MR) is 69.2 cm³/mol. The zero-order valence-corrected chi connectivity index (χ0v) is 10.6. The SMILES string of the molecule is Bc1nnc(Br)n1-c1ccc(C2CC2)cc1. The van der Waals surface area contributed by atoms with Gasteiger partial charge in [-0.2, -0.15) is 0 Å². The molecule has 3 nitrogen and oxygen atoms in total. The van der Waals surface area contributed by atoms with E-state index >= 15 is 0 Å². The summed E-state index contributed by atoms with van der Waals surface area (Å²) >= 11 is 3.40. The summed E-state index contributed by atoms with van der Waals surface area (Å²) in [5.74, 6) is 0.805. The molecule has 0 spiro atoms. The molecule has 0 bridgehead atoms. The summed E-state index contributed by atoms with van der Waals surface area (Å²) in [6, 6.07) is 8.68. The van der Waals surface area contributed by atoms with Crippen LogP contribution in [0.3, 0.4) is 0 Å². The zero-order chi connectivity index (χ0) is 11.1. The van der Waals surface area contributed by atoms with Crippen LogP contribution in [0.15, 0.2) is 29.0 Å². The molecule has 0 atom stereocenters.